The third-order valence-electron chi connectivity index (χ3n) is 4.10. The van der Waals surface area contributed by atoms with Crippen molar-refractivity contribution in [1.29, 1.82) is 0 Å². The van der Waals surface area contributed by atoms with E-state index in [1.165, 1.54) is 0 Å². The molecule has 0 bridgehead atoms. The molecule has 3 rings (SSSR count). The third kappa shape index (κ3) is 3.34. The molecule has 1 aromatic heterocycles. The van der Waals surface area contributed by atoms with Crippen molar-refractivity contribution in [3.8, 4) is 0 Å². The second-order valence-corrected chi connectivity index (χ2v) is 6.30. The minimum atomic E-state index is -0.479. The molecule has 2 atom stereocenters. The Kier molecular flexibility index (Phi) is 4.36. The molecule has 0 radical (unpaired) electrons. The van der Waals surface area contributed by atoms with E-state index in [2.05, 4.69) is 12.1 Å². The van der Waals surface area contributed by atoms with Gasteiger partial charge in [-0.1, -0.05) is 30.3 Å². The maximum absolute atomic E-state index is 12.3. The zero-order chi connectivity index (χ0) is 14.7. The molecule has 2 heterocycles. The molecule has 1 amide bonds. The van der Waals surface area contributed by atoms with Gasteiger partial charge in [-0.3, -0.25) is 4.79 Å². The molecule has 1 saturated heterocycles. The van der Waals surface area contributed by atoms with Crippen molar-refractivity contribution >= 4 is 17.2 Å². The van der Waals surface area contributed by atoms with Crippen molar-refractivity contribution in [2.45, 2.75) is 24.9 Å². The number of carbonyl (C=O) groups excluding carboxylic acids is 1. The van der Waals surface area contributed by atoms with E-state index in [0.717, 1.165) is 24.1 Å². The second kappa shape index (κ2) is 6.41. The van der Waals surface area contributed by atoms with Gasteiger partial charge in [0.15, 0.2) is 0 Å². The summed E-state index contributed by atoms with van der Waals surface area (Å²) in [6, 6.07) is 12.1. The third-order valence-corrected chi connectivity index (χ3v) is 4.83. The maximum atomic E-state index is 12.3. The van der Waals surface area contributed by atoms with Gasteiger partial charge in [0.05, 0.1) is 12.5 Å². The lowest BCUT2D eigenvalue weighted by molar-refractivity contribution is -0.134. The lowest BCUT2D eigenvalue weighted by atomic mass is 9.87. The number of nitrogens with zero attached hydrogens (tertiary/aromatic N) is 1. The molecule has 1 aliphatic heterocycles. The van der Waals surface area contributed by atoms with E-state index in [-0.39, 0.29) is 11.8 Å². The van der Waals surface area contributed by atoms with Crippen molar-refractivity contribution in [3.63, 3.8) is 0 Å². The number of aliphatic hydroxyl groups excluding tert-OH is 1. The SMILES string of the molecule is O=C(Cc1ccsc1)N1CC[C@@H](c2ccccc2)[C@H](O)C1. The van der Waals surface area contributed by atoms with Crippen molar-refractivity contribution in [1.82, 2.24) is 4.90 Å². The Morgan fingerprint density at radius 3 is 2.76 bits per heavy atom. The topological polar surface area (TPSA) is 40.5 Å². The van der Waals surface area contributed by atoms with Crippen LogP contribution in [0.15, 0.2) is 47.2 Å². The first kappa shape index (κ1) is 14.3. The van der Waals surface area contributed by atoms with E-state index >= 15 is 0 Å². The molecular formula is C17H19NO2S. The minimum Gasteiger partial charge on any atom is -0.391 e. The average Bonchev–Trinajstić information content (AvgIpc) is 3.01. The van der Waals surface area contributed by atoms with Crippen LogP contribution < -0.4 is 0 Å². The van der Waals surface area contributed by atoms with Gasteiger partial charge in [0, 0.05) is 19.0 Å². The number of hydrogen-bond donors (Lipinski definition) is 1. The second-order valence-electron chi connectivity index (χ2n) is 5.52. The predicted octanol–water partition coefficient (Wildman–Crippen LogP) is 2.67. The summed E-state index contributed by atoms with van der Waals surface area (Å²) in [5, 5.41) is 14.4. The van der Waals surface area contributed by atoms with Crippen LogP contribution in [0.3, 0.4) is 0 Å². The fourth-order valence-corrected chi connectivity index (χ4v) is 3.60. The number of hydrogen-bond acceptors (Lipinski definition) is 3. The van der Waals surface area contributed by atoms with Gasteiger partial charge in [0.1, 0.15) is 0 Å². The van der Waals surface area contributed by atoms with Crippen LogP contribution in [0.2, 0.25) is 0 Å². The summed E-state index contributed by atoms with van der Waals surface area (Å²) in [6.45, 7) is 1.15. The fourth-order valence-electron chi connectivity index (χ4n) is 2.93. The van der Waals surface area contributed by atoms with Gasteiger partial charge < -0.3 is 10.0 Å². The number of amides is 1. The van der Waals surface area contributed by atoms with E-state index in [1.54, 1.807) is 16.2 Å². The Bertz CT molecular complexity index is 582. The van der Waals surface area contributed by atoms with Gasteiger partial charge in [-0.2, -0.15) is 11.3 Å². The highest BCUT2D eigenvalue weighted by Gasteiger charge is 2.30. The monoisotopic (exact) mass is 301 g/mol. The number of rotatable bonds is 3. The van der Waals surface area contributed by atoms with E-state index in [9.17, 15) is 9.90 Å². The first-order chi connectivity index (χ1) is 10.2. The van der Waals surface area contributed by atoms with Gasteiger partial charge in [-0.15, -0.1) is 0 Å². The highest BCUT2D eigenvalue weighted by molar-refractivity contribution is 7.07. The lowest BCUT2D eigenvalue weighted by Crippen LogP contribution is -2.46. The molecule has 1 N–H and O–H groups in total. The molecule has 0 saturated carbocycles. The molecular weight excluding hydrogens is 282 g/mol. The minimum absolute atomic E-state index is 0.110. The number of benzene rings is 1. The summed E-state index contributed by atoms with van der Waals surface area (Å²) in [7, 11) is 0. The summed E-state index contributed by atoms with van der Waals surface area (Å²) in [5.74, 6) is 0.246. The summed E-state index contributed by atoms with van der Waals surface area (Å²) in [5.41, 5.74) is 2.22. The summed E-state index contributed by atoms with van der Waals surface area (Å²) >= 11 is 1.61. The highest BCUT2D eigenvalue weighted by Crippen LogP contribution is 2.28. The van der Waals surface area contributed by atoms with E-state index in [0.29, 0.717) is 13.0 Å². The van der Waals surface area contributed by atoms with Gasteiger partial charge in [-0.05, 0) is 34.4 Å². The van der Waals surface area contributed by atoms with Crippen LogP contribution in [0.4, 0.5) is 0 Å². The van der Waals surface area contributed by atoms with E-state index in [1.807, 2.05) is 35.0 Å². The molecule has 2 aromatic rings. The van der Waals surface area contributed by atoms with Gasteiger partial charge in [0.25, 0.3) is 0 Å². The Balaban J connectivity index is 1.61. The van der Waals surface area contributed by atoms with Crippen LogP contribution in [0.5, 0.6) is 0 Å². The standard InChI is InChI=1S/C17H19NO2S/c19-16-11-18(17(20)10-13-7-9-21-12-13)8-6-15(16)14-4-2-1-3-5-14/h1-5,7,9,12,15-16,19H,6,8,10-11H2/t15-,16+/m0/s1. The van der Waals surface area contributed by atoms with Crippen molar-refractivity contribution in [2.75, 3.05) is 13.1 Å². The summed E-state index contributed by atoms with van der Waals surface area (Å²) in [4.78, 5) is 14.1. The van der Waals surface area contributed by atoms with E-state index < -0.39 is 6.10 Å². The van der Waals surface area contributed by atoms with Crippen LogP contribution in [0, 0.1) is 0 Å². The Morgan fingerprint density at radius 2 is 2.10 bits per heavy atom. The van der Waals surface area contributed by atoms with Crippen LogP contribution in [0.1, 0.15) is 23.5 Å². The first-order valence-electron chi connectivity index (χ1n) is 7.26. The normalized spacial score (nSPS) is 22.2. The molecule has 110 valence electrons. The molecule has 0 unspecified atom stereocenters. The van der Waals surface area contributed by atoms with Crippen LogP contribution in [0.25, 0.3) is 0 Å². The Morgan fingerprint density at radius 1 is 1.29 bits per heavy atom. The number of carbonyl (C=O) groups is 1. The van der Waals surface area contributed by atoms with Crippen LogP contribution >= 0.6 is 11.3 Å². The van der Waals surface area contributed by atoms with Crippen molar-refractivity contribution < 1.29 is 9.90 Å². The first-order valence-corrected chi connectivity index (χ1v) is 8.20. The fraction of sp³-hybridized carbons (Fsp3) is 0.353. The average molecular weight is 301 g/mol. The van der Waals surface area contributed by atoms with Crippen LogP contribution in [-0.2, 0) is 11.2 Å². The number of aliphatic hydroxyl groups is 1. The molecule has 1 aromatic carbocycles. The lowest BCUT2D eigenvalue weighted by Gasteiger charge is -2.36. The largest absolute Gasteiger partial charge is 0.391 e. The number of piperidine rings is 1. The maximum Gasteiger partial charge on any atom is 0.227 e. The Hall–Kier alpha value is -1.65. The smallest absolute Gasteiger partial charge is 0.227 e. The number of likely N-dealkylation sites (tertiary alicyclic amines) is 1. The Labute approximate surface area is 128 Å². The van der Waals surface area contributed by atoms with Gasteiger partial charge in [0.2, 0.25) is 5.91 Å². The number of thiophene rings is 1. The molecule has 4 heteroatoms. The van der Waals surface area contributed by atoms with Crippen LogP contribution in [-0.4, -0.2) is 35.1 Å². The molecule has 3 nitrogen and oxygen atoms in total. The predicted molar refractivity (Wildman–Crippen MR) is 84.4 cm³/mol. The highest BCUT2D eigenvalue weighted by atomic mass is 32.1. The van der Waals surface area contributed by atoms with Crippen molar-refractivity contribution in [3.05, 3.63) is 58.3 Å². The van der Waals surface area contributed by atoms with Gasteiger partial charge >= 0.3 is 0 Å². The quantitative estimate of drug-likeness (QED) is 0.947. The molecule has 21 heavy (non-hydrogen) atoms. The summed E-state index contributed by atoms with van der Waals surface area (Å²) in [6.07, 6.45) is 0.778. The molecule has 0 aliphatic carbocycles. The summed E-state index contributed by atoms with van der Waals surface area (Å²) < 4.78 is 0. The molecule has 1 fully saturated rings. The molecule has 0 spiro atoms. The van der Waals surface area contributed by atoms with Gasteiger partial charge in [-0.25, -0.2) is 0 Å². The zero-order valence-electron chi connectivity index (χ0n) is 11.8. The van der Waals surface area contributed by atoms with E-state index in [4.69, 9.17) is 0 Å². The van der Waals surface area contributed by atoms with Crippen molar-refractivity contribution in [2.24, 2.45) is 0 Å². The molecule has 1 aliphatic rings. The number of β-amino-alcohol motifs (C(OH)–C–C–N with tert-alkyl or cyclic N) is 1. The zero-order valence-corrected chi connectivity index (χ0v) is 12.6.